The highest BCUT2D eigenvalue weighted by molar-refractivity contribution is 5.13. The van der Waals surface area contributed by atoms with Crippen LogP contribution in [0, 0.1) is 29.1 Å². The van der Waals surface area contributed by atoms with Crippen molar-refractivity contribution in [2.75, 3.05) is 13.1 Å². The topological polar surface area (TPSA) is 12.0 Å². The lowest BCUT2D eigenvalue weighted by atomic mass is 10.0. The van der Waals surface area contributed by atoms with E-state index in [0.717, 1.165) is 12.5 Å². The molecular formula is C11H19N. The van der Waals surface area contributed by atoms with Crippen LogP contribution >= 0.6 is 0 Å². The standard InChI is InChI=1S/C11H19N/c1-6-7-12-8-9-10(2,3)11(9,4)5/h1,9,12H,7-8H2,2-5H3. The molecule has 0 radical (unpaired) electrons. The Kier molecular flexibility index (Phi) is 2.23. The first-order valence-corrected chi connectivity index (χ1v) is 4.58. The first kappa shape index (κ1) is 9.61. The molecule has 1 aliphatic carbocycles. The molecule has 0 unspecified atom stereocenters. The van der Waals surface area contributed by atoms with E-state index in [1.54, 1.807) is 0 Å². The Morgan fingerprint density at radius 1 is 1.25 bits per heavy atom. The molecule has 0 heterocycles. The van der Waals surface area contributed by atoms with Gasteiger partial charge in [-0.3, -0.25) is 0 Å². The lowest BCUT2D eigenvalue weighted by Gasteiger charge is -2.04. The van der Waals surface area contributed by atoms with Crippen molar-refractivity contribution < 1.29 is 0 Å². The Balaban J connectivity index is 2.35. The molecule has 0 atom stereocenters. The molecular weight excluding hydrogens is 146 g/mol. The third kappa shape index (κ3) is 1.25. The van der Waals surface area contributed by atoms with E-state index in [1.165, 1.54) is 0 Å². The molecule has 0 aromatic carbocycles. The molecule has 12 heavy (non-hydrogen) atoms. The smallest absolute Gasteiger partial charge is 0.0573 e. The predicted molar refractivity (Wildman–Crippen MR) is 52.8 cm³/mol. The molecule has 0 saturated heterocycles. The van der Waals surface area contributed by atoms with E-state index in [2.05, 4.69) is 38.9 Å². The largest absolute Gasteiger partial charge is 0.306 e. The SMILES string of the molecule is C#CCNCC1C(C)(C)C1(C)C. The maximum atomic E-state index is 5.16. The Morgan fingerprint density at radius 2 is 1.75 bits per heavy atom. The zero-order valence-electron chi connectivity index (χ0n) is 8.57. The minimum Gasteiger partial charge on any atom is -0.306 e. The summed E-state index contributed by atoms with van der Waals surface area (Å²) in [4.78, 5) is 0. The molecule has 0 amide bonds. The van der Waals surface area contributed by atoms with Crippen molar-refractivity contribution in [3.63, 3.8) is 0 Å². The van der Waals surface area contributed by atoms with Gasteiger partial charge in [0.05, 0.1) is 6.54 Å². The van der Waals surface area contributed by atoms with Crippen molar-refractivity contribution in [2.45, 2.75) is 27.7 Å². The summed E-state index contributed by atoms with van der Waals surface area (Å²) in [5.41, 5.74) is 0.962. The maximum absolute atomic E-state index is 5.16. The Labute approximate surface area is 75.9 Å². The minimum atomic E-state index is 0.481. The van der Waals surface area contributed by atoms with Gasteiger partial charge in [-0.1, -0.05) is 33.6 Å². The Hall–Kier alpha value is -0.480. The van der Waals surface area contributed by atoms with Crippen LogP contribution in [-0.2, 0) is 0 Å². The van der Waals surface area contributed by atoms with E-state index in [-0.39, 0.29) is 0 Å². The number of terminal acetylenes is 1. The zero-order valence-corrected chi connectivity index (χ0v) is 8.57. The van der Waals surface area contributed by atoms with Gasteiger partial charge in [0, 0.05) is 0 Å². The summed E-state index contributed by atoms with van der Waals surface area (Å²) >= 11 is 0. The van der Waals surface area contributed by atoms with Gasteiger partial charge in [-0.15, -0.1) is 6.42 Å². The van der Waals surface area contributed by atoms with Crippen LogP contribution < -0.4 is 5.32 Å². The van der Waals surface area contributed by atoms with Crippen molar-refractivity contribution in [3.8, 4) is 12.3 Å². The molecule has 68 valence electrons. The van der Waals surface area contributed by atoms with Crippen LogP contribution in [0.1, 0.15) is 27.7 Å². The van der Waals surface area contributed by atoms with E-state index in [9.17, 15) is 0 Å². The second-order valence-corrected chi connectivity index (χ2v) is 4.83. The molecule has 1 heteroatoms. The van der Waals surface area contributed by atoms with Crippen LogP contribution in [0.3, 0.4) is 0 Å². The zero-order chi connectivity index (χ0) is 9.41. The summed E-state index contributed by atoms with van der Waals surface area (Å²) in [6.07, 6.45) is 5.16. The fraction of sp³-hybridized carbons (Fsp3) is 0.818. The monoisotopic (exact) mass is 165 g/mol. The molecule has 1 aliphatic rings. The van der Waals surface area contributed by atoms with Gasteiger partial charge >= 0.3 is 0 Å². The summed E-state index contributed by atoms with van der Waals surface area (Å²) in [6.45, 7) is 11.1. The van der Waals surface area contributed by atoms with Gasteiger partial charge in [0.1, 0.15) is 0 Å². The summed E-state index contributed by atoms with van der Waals surface area (Å²) in [5, 5.41) is 3.27. The molecule has 1 saturated carbocycles. The number of rotatable bonds is 3. The van der Waals surface area contributed by atoms with Crippen LogP contribution in [0.5, 0.6) is 0 Å². The first-order chi connectivity index (χ1) is 5.44. The predicted octanol–water partition coefficient (Wildman–Crippen LogP) is 1.89. The minimum absolute atomic E-state index is 0.481. The average molecular weight is 165 g/mol. The maximum Gasteiger partial charge on any atom is 0.0573 e. The summed E-state index contributed by atoms with van der Waals surface area (Å²) in [5.74, 6) is 3.37. The van der Waals surface area contributed by atoms with Crippen LogP contribution in [0.15, 0.2) is 0 Å². The van der Waals surface area contributed by atoms with Gasteiger partial charge in [-0.25, -0.2) is 0 Å². The second kappa shape index (κ2) is 2.78. The van der Waals surface area contributed by atoms with Gasteiger partial charge in [-0.2, -0.15) is 0 Å². The second-order valence-electron chi connectivity index (χ2n) is 4.83. The van der Waals surface area contributed by atoms with Crippen molar-refractivity contribution in [3.05, 3.63) is 0 Å². The Morgan fingerprint density at radius 3 is 2.08 bits per heavy atom. The molecule has 0 bridgehead atoms. The van der Waals surface area contributed by atoms with Crippen LogP contribution in [0.25, 0.3) is 0 Å². The summed E-state index contributed by atoms with van der Waals surface area (Å²) in [7, 11) is 0. The van der Waals surface area contributed by atoms with Crippen LogP contribution in [0.2, 0.25) is 0 Å². The molecule has 1 rings (SSSR count). The molecule has 1 fully saturated rings. The molecule has 0 aliphatic heterocycles. The van der Waals surface area contributed by atoms with Crippen molar-refractivity contribution in [1.82, 2.24) is 5.32 Å². The normalized spacial score (nSPS) is 24.9. The highest BCUT2D eigenvalue weighted by Crippen LogP contribution is 2.67. The van der Waals surface area contributed by atoms with E-state index < -0.39 is 0 Å². The molecule has 0 aromatic rings. The van der Waals surface area contributed by atoms with E-state index in [0.29, 0.717) is 17.4 Å². The summed E-state index contributed by atoms with van der Waals surface area (Å²) < 4.78 is 0. The van der Waals surface area contributed by atoms with Gasteiger partial charge in [-0.05, 0) is 23.3 Å². The van der Waals surface area contributed by atoms with E-state index >= 15 is 0 Å². The first-order valence-electron chi connectivity index (χ1n) is 4.58. The number of hydrogen-bond acceptors (Lipinski definition) is 1. The van der Waals surface area contributed by atoms with Gasteiger partial charge in [0.25, 0.3) is 0 Å². The Bertz CT molecular complexity index is 194. The quantitative estimate of drug-likeness (QED) is 0.497. The van der Waals surface area contributed by atoms with E-state index in [1.807, 2.05) is 0 Å². The van der Waals surface area contributed by atoms with Crippen LogP contribution in [0.4, 0.5) is 0 Å². The third-order valence-corrected chi connectivity index (χ3v) is 3.90. The highest BCUT2D eigenvalue weighted by atomic mass is 14.9. The van der Waals surface area contributed by atoms with Crippen LogP contribution in [-0.4, -0.2) is 13.1 Å². The third-order valence-electron chi connectivity index (χ3n) is 3.90. The lowest BCUT2D eigenvalue weighted by molar-refractivity contribution is 0.457. The highest BCUT2D eigenvalue weighted by Gasteiger charge is 2.63. The van der Waals surface area contributed by atoms with Gasteiger partial charge < -0.3 is 5.32 Å². The molecule has 0 aromatic heterocycles. The lowest BCUT2D eigenvalue weighted by Crippen LogP contribution is -2.19. The van der Waals surface area contributed by atoms with Gasteiger partial charge in [0.15, 0.2) is 0 Å². The fourth-order valence-electron chi connectivity index (χ4n) is 2.13. The van der Waals surface area contributed by atoms with Crippen molar-refractivity contribution >= 4 is 0 Å². The summed E-state index contributed by atoms with van der Waals surface area (Å²) in [6, 6.07) is 0. The van der Waals surface area contributed by atoms with Crippen molar-refractivity contribution in [2.24, 2.45) is 16.7 Å². The fourth-order valence-corrected chi connectivity index (χ4v) is 2.13. The molecule has 1 nitrogen and oxygen atoms in total. The van der Waals surface area contributed by atoms with E-state index in [4.69, 9.17) is 6.42 Å². The van der Waals surface area contributed by atoms with Crippen molar-refractivity contribution in [1.29, 1.82) is 0 Å². The number of hydrogen-bond donors (Lipinski definition) is 1. The molecule has 1 N–H and O–H groups in total. The molecule has 0 spiro atoms. The average Bonchev–Trinajstić information content (AvgIpc) is 2.32. The van der Waals surface area contributed by atoms with Gasteiger partial charge in [0.2, 0.25) is 0 Å². The number of nitrogens with one attached hydrogen (secondary N) is 1.